The minimum absolute atomic E-state index is 0.235. The molecule has 0 N–H and O–H groups in total. The molecule has 0 radical (unpaired) electrons. The molecule has 21 heavy (non-hydrogen) atoms. The van der Waals surface area contributed by atoms with Gasteiger partial charge in [-0.2, -0.15) is 0 Å². The number of hydrogen-bond acceptors (Lipinski definition) is 3. The number of carbonyl (C=O) groups excluding carboxylic acids is 1. The Hall–Kier alpha value is -1.06. The molecular formula is C17H23ClO3. The van der Waals surface area contributed by atoms with Crippen LogP contribution in [0.3, 0.4) is 0 Å². The smallest absolute Gasteiger partial charge is 0.311 e. The highest BCUT2D eigenvalue weighted by Gasteiger charge is 2.52. The minimum Gasteiger partial charge on any atom is -0.466 e. The summed E-state index contributed by atoms with van der Waals surface area (Å²) in [7, 11) is 0. The Labute approximate surface area is 131 Å². The van der Waals surface area contributed by atoms with E-state index in [1.165, 1.54) is 0 Å². The maximum Gasteiger partial charge on any atom is 0.311 e. The van der Waals surface area contributed by atoms with E-state index in [-0.39, 0.29) is 18.0 Å². The molecule has 1 aromatic carbocycles. The fourth-order valence-corrected chi connectivity index (χ4v) is 3.24. The Morgan fingerprint density at radius 3 is 2.52 bits per heavy atom. The van der Waals surface area contributed by atoms with Gasteiger partial charge in [0.15, 0.2) is 0 Å². The molecule has 0 aromatic heterocycles. The van der Waals surface area contributed by atoms with Crippen molar-refractivity contribution >= 4 is 17.6 Å². The van der Waals surface area contributed by atoms with Crippen LogP contribution in [0.25, 0.3) is 0 Å². The Kier molecular flexibility index (Phi) is 4.64. The van der Waals surface area contributed by atoms with E-state index in [0.29, 0.717) is 13.0 Å². The zero-order valence-electron chi connectivity index (χ0n) is 13.1. The summed E-state index contributed by atoms with van der Waals surface area (Å²) in [5.41, 5.74) is 0.423. The van der Waals surface area contributed by atoms with E-state index in [2.05, 4.69) is 0 Å². The quantitative estimate of drug-likeness (QED) is 0.623. The van der Waals surface area contributed by atoms with E-state index in [4.69, 9.17) is 21.1 Å². The van der Waals surface area contributed by atoms with E-state index in [1.54, 1.807) is 6.92 Å². The molecule has 1 aromatic rings. The maximum absolute atomic E-state index is 12.2. The Morgan fingerprint density at radius 2 is 1.95 bits per heavy atom. The number of ether oxygens (including phenoxy) is 2. The summed E-state index contributed by atoms with van der Waals surface area (Å²) in [5.74, 6) is -0.596. The van der Waals surface area contributed by atoms with Crippen LogP contribution in [0.2, 0.25) is 0 Å². The van der Waals surface area contributed by atoms with Crippen LogP contribution in [0.1, 0.15) is 45.8 Å². The first-order valence-electron chi connectivity index (χ1n) is 7.36. The lowest BCUT2D eigenvalue weighted by Crippen LogP contribution is -2.52. The Balaban J connectivity index is 2.29. The Bertz CT molecular complexity index is 496. The lowest BCUT2D eigenvalue weighted by atomic mass is 9.76. The van der Waals surface area contributed by atoms with Crippen LogP contribution >= 0.6 is 11.6 Å². The van der Waals surface area contributed by atoms with Crippen LogP contribution in [-0.4, -0.2) is 23.1 Å². The second-order valence-corrected chi connectivity index (χ2v) is 7.16. The first-order valence-corrected chi connectivity index (χ1v) is 7.74. The van der Waals surface area contributed by atoms with E-state index in [0.717, 1.165) is 5.56 Å². The second kappa shape index (κ2) is 5.98. The van der Waals surface area contributed by atoms with Crippen molar-refractivity contribution in [1.82, 2.24) is 0 Å². The molecule has 116 valence electrons. The van der Waals surface area contributed by atoms with Crippen molar-refractivity contribution in [1.29, 1.82) is 0 Å². The highest BCUT2D eigenvalue weighted by atomic mass is 35.5. The maximum atomic E-state index is 12.2. The summed E-state index contributed by atoms with van der Waals surface area (Å²) in [6, 6.07) is 9.91. The van der Waals surface area contributed by atoms with Crippen LogP contribution < -0.4 is 0 Å². The number of benzene rings is 1. The zero-order chi connectivity index (χ0) is 15.7. The van der Waals surface area contributed by atoms with Gasteiger partial charge in [-0.15, -0.1) is 11.6 Å². The molecule has 4 heteroatoms. The molecule has 3 atom stereocenters. The van der Waals surface area contributed by atoms with Crippen LogP contribution in [-0.2, 0) is 14.3 Å². The van der Waals surface area contributed by atoms with Crippen molar-refractivity contribution < 1.29 is 14.3 Å². The summed E-state index contributed by atoms with van der Waals surface area (Å²) in [6.45, 7) is 7.95. The van der Waals surface area contributed by atoms with Gasteiger partial charge in [-0.3, -0.25) is 4.79 Å². The number of alkyl halides is 1. The highest BCUT2D eigenvalue weighted by Crippen LogP contribution is 2.50. The molecule has 0 amide bonds. The number of esters is 1. The third kappa shape index (κ3) is 3.41. The second-order valence-electron chi connectivity index (χ2n) is 6.30. The van der Waals surface area contributed by atoms with E-state index >= 15 is 0 Å². The monoisotopic (exact) mass is 310 g/mol. The molecule has 1 fully saturated rings. The van der Waals surface area contributed by atoms with Gasteiger partial charge in [0.25, 0.3) is 0 Å². The summed E-state index contributed by atoms with van der Waals surface area (Å²) >= 11 is 6.71. The minimum atomic E-state index is -0.645. The highest BCUT2D eigenvalue weighted by molar-refractivity contribution is 6.24. The third-order valence-corrected chi connectivity index (χ3v) is 4.44. The predicted octanol–water partition coefficient (Wildman–Crippen LogP) is 4.10. The molecule has 3 nitrogen and oxygen atoms in total. The molecule has 0 bridgehead atoms. The molecule has 1 saturated heterocycles. The van der Waals surface area contributed by atoms with Crippen molar-refractivity contribution in [3.8, 4) is 0 Å². The van der Waals surface area contributed by atoms with Gasteiger partial charge in [0.05, 0.1) is 23.0 Å². The molecule has 0 unspecified atom stereocenters. The van der Waals surface area contributed by atoms with Crippen molar-refractivity contribution in [3.05, 3.63) is 35.9 Å². The fourth-order valence-electron chi connectivity index (χ4n) is 2.91. The Morgan fingerprint density at radius 1 is 1.33 bits per heavy atom. The lowest BCUT2D eigenvalue weighted by Gasteiger charge is -2.48. The summed E-state index contributed by atoms with van der Waals surface area (Å²) in [6.07, 6.45) is 0.279. The van der Waals surface area contributed by atoms with Gasteiger partial charge < -0.3 is 9.47 Å². The summed E-state index contributed by atoms with van der Waals surface area (Å²) in [4.78, 5) is 11.5. The normalized spacial score (nSPS) is 31.7. The van der Waals surface area contributed by atoms with Gasteiger partial charge in [-0.25, -0.2) is 0 Å². The van der Waals surface area contributed by atoms with Crippen molar-refractivity contribution in [2.45, 2.75) is 50.7 Å². The summed E-state index contributed by atoms with van der Waals surface area (Å²) in [5, 5.41) is 0. The molecule has 1 aliphatic heterocycles. The number of carbonyl (C=O) groups is 1. The van der Waals surface area contributed by atoms with Crippen molar-refractivity contribution in [2.75, 3.05) is 6.61 Å². The van der Waals surface area contributed by atoms with Crippen molar-refractivity contribution in [2.24, 2.45) is 5.92 Å². The van der Waals surface area contributed by atoms with Gasteiger partial charge in [-0.05, 0) is 39.7 Å². The van der Waals surface area contributed by atoms with Crippen molar-refractivity contribution in [3.63, 3.8) is 0 Å². The zero-order valence-corrected chi connectivity index (χ0v) is 13.8. The van der Waals surface area contributed by atoms with Crippen LogP contribution in [0.15, 0.2) is 30.3 Å². The lowest BCUT2D eigenvalue weighted by molar-refractivity contribution is -0.187. The van der Waals surface area contributed by atoms with Crippen LogP contribution in [0.4, 0.5) is 0 Å². The average Bonchev–Trinajstić information content (AvgIpc) is 2.42. The summed E-state index contributed by atoms with van der Waals surface area (Å²) < 4.78 is 11.4. The standard InChI is InChI=1S/C17H23ClO3/c1-5-20-15(19)13-11-17(4,18)14(21-16(13,2)3)12-9-7-6-8-10-12/h6-10,13-14H,5,11H2,1-4H3/t13-,14+,17-/m0/s1. The van der Waals surface area contributed by atoms with Gasteiger partial charge in [0.2, 0.25) is 0 Å². The van der Waals surface area contributed by atoms with Gasteiger partial charge >= 0.3 is 5.97 Å². The largest absolute Gasteiger partial charge is 0.466 e. The molecule has 0 saturated carbocycles. The van der Waals surface area contributed by atoms with E-state index in [1.807, 2.05) is 51.1 Å². The number of hydrogen-bond donors (Lipinski definition) is 0. The van der Waals surface area contributed by atoms with E-state index in [9.17, 15) is 4.79 Å². The third-order valence-electron chi connectivity index (χ3n) is 4.08. The average molecular weight is 311 g/mol. The first-order chi connectivity index (χ1) is 9.78. The van der Waals surface area contributed by atoms with Crippen LogP contribution in [0, 0.1) is 5.92 Å². The van der Waals surface area contributed by atoms with Gasteiger partial charge in [0, 0.05) is 0 Å². The first kappa shape index (κ1) is 16.3. The van der Waals surface area contributed by atoms with Crippen LogP contribution in [0.5, 0.6) is 0 Å². The van der Waals surface area contributed by atoms with Gasteiger partial charge in [0.1, 0.15) is 6.10 Å². The molecule has 1 aliphatic rings. The molecule has 1 heterocycles. The molecular weight excluding hydrogens is 288 g/mol. The number of halogens is 1. The predicted molar refractivity (Wildman–Crippen MR) is 83.3 cm³/mol. The van der Waals surface area contributed by atoms with E-state index < -0.39 is 10.5 Å². The van der Waals surface area contributed by atoms with Gasteiger partial charge in [-0.1, -0.05) is 30.3 Å². The topological polar surface area (TPSA) is 35.5 Å². The fraction of sp³-hybridized carbons (Fsp3) is 0.588. The molecule has 2 rings (SSSR count). The molecule has 0 aliphatic carbocycles. The number of rotatable bonds is 3. The SMILES string of the molecule is CCOC(=O)[C@@H]1C[C@](C)(Cl)[C@@H](c2ccccc2)OC1(C)C. The molecule has 0 spiro atoms.